The van der Waals surface area contributed by atoms with Crippen molar-refractivity contribution in [1.82, 2.24) is 4.57 Å². The number of esters is 1. The lowest BCUT2D eigenvalue weighted by Crippen LogP contribution is -2.31. The number of aryl methyl sites for hydroxylation is 1. The lowest BCUT2D eigenvalue weighted by Gasteiger charge is -2.11. The first kappa shape index (κ1) is 15.1. The molecule has 0 spiro atoms. The second-order valence-corrected chi connectivity index (χ2v) is 4.91. The molecule has 0 radical (unpaired) electrons. The van der Waals surface area contributed by atoms with E-state index < -0.39 is 11.5 Å². The van der Waals surface area contributed by atoms with Gasteiger partial charge in [0.1, 0.15) is 6.54 Å². The largest absolute Gasteiger partial charge is 0.464 e. The molecule has 0 aliphatic rings. The minimum atomic E-state index is -0.473. The molecule has 104 valence electrons. The highest BCUT2D eigenvalue weighted by atomic mass is 16.5. The third kappa shape index (κ3) is 4.05. The number of pyridine rings is 1. The van der Waals surface area contributed by atoms with Crippen molar-refractivity contribution in [3.8, 4) is 0 Å². The van der Waals surface area contributed by atoms with Crippen molar-refractivity contribution in [3.63, 3.8) is 0 Å². The van der Waals surface area contributed by atoms with E-state index in [4.69, 9.17) is 4.74 Å². The highest BCUT2D eigenvalue weighted by Gasteiger charge is 2.13. The third-order valence-corrected chi connectivity index (χ3v) is 2.64. The lowest BCUT2D eigenvalue weighted by molar-refractivity contribution is -0.145. The number of hydrogen-bond donors (Lipinski definition) is 0. The predicted octanol–water partition coefficient (Wildman–Crippen LogP) is 1.56. The van der Waals surface area contributed by atoms with E-state index in [1.165, 1.54) is 17.6 Å². The van der Waals surface area contributed by atoms with Gasteiger partial charge in [0.05, 0.1) is 12.2 Å². The van der Waals surface area contributed by atoms with E-state index in [2.05, 4.69) is 0 Å². The molecule has 1 rings (SSSR count). The minimum Gasteiger partial charge on any atom is -0.464 e. The van der Waals surface area contributed by atoms with Crippen molar-refractivity contribution < 1.29 is 14.3 Å². The molecule has 0 N–H and O–H groups in total. The Hall–Kier alpha value is -1.91. The van der Waals surface area contributed by atoms with Crippen molar-refractivity contribution in [3.05, 3.63) is 33.7 Å². The van der Waals surface area contributed by atoms with Crippen LogP contribution in [0.4, 0.5) is 0 Å². The van der Waals surface area contributed by atoms with Crippen LogP contribution in [0.15, 0.2) is 16.9 Å². The summed E-state index contributed by atoms with van der Waals surface area (Å²) in [5.74, 6) is -0.542. The monoisotopic (exact) mass is 265 g/mol. The average molecular weight is 265 g/mol. The van der Waals surface area contributed by atoms with Gasteiger partial charge in [-0.3, -0.25) is 14.4 Å². The quantitative estimate of drug-likeness (QED) is 0.598. The Labute approximate surface area is 112 Å². The van der Waals surface area contributed by atoms with E-state index in [0.717, 1.165) is 0 Å². The van der Waals surface area contributed by atoms with E-state index in [1.807, 2.05) is 13.8 Å². The Morgan fingerprint density at radius 2 is 1.95 bits per heavy atom. The summed E-state index contributed by atoms with van der Waals surface area (Å²) in [6.45, 7) is 7.05. The summed E-state index contributed by atoms with van der Waals surface area (Å²) in [5, 5.41) is 0. The smallest absolute Gasteiger partial charge is 0.326 e. The van der Waals surface area contributed by atoms with Gasteiger partial charge in [-0.05, 0) is 31.9 Å². The van der Waals surface area contributed by atoms with Crippen molar-refractivity contribution >= 4 is 11.8 Å². The highest BCUT2D eigenvalue weighted by molar-refractivity contribution is 5.93. The van der Waals surface area contributed by atoms with Crippen molar-refractivity contribution in [1.29, 1.82) is 0 Å². The third-order valence-electron chi connectivity index (χ3n) is 2.64. The van der Waals surface area contributed by atoms with E-state index in [1.54, 1.807) is 13.0 Å². The Balaban J connectivity index is 2.95. The van der Waals surface area contributed by atoms with Crippen molar-refractivity contribution in [2.24, 2.45) is 5.92 Å². The highest BCUT2D eigenvalue weighted by Crippen LogP contribution is 2.01. The Morgan fingerprint density at radius 1 is 1.32 bits per heavy atom. The summed E-state index contributed by atoms with van der Waals surface area (Å²) in [5.41, 5.74) is 0.257. The molecular weight excluding hydrogens is 246 g/mol. The van der Waals surface area contributed by atoms with Crippen molar-refractivity contribution in [2.45, 2.75) is 34.2 Å². The minimum absolute atomic E-state index is 0.0854. The maximum absolute atomic E-state index is 12.0. The molecule has 0 bridgehead atoms. The molecule has 0 saturated heterocycles. The van der Waals surface area contributed by atoms with Gasteiger partial charge in [0.25, 0.3) is 5.56 Å². The predicted molar refractivity (Wildman–Crippen MR) is 71.2 cm³/mol. The summed E-state index contributed by atoms with van der Waals surface area (Å²) < 4.78 is 6.30. The summed E-state index contributed by atoms with van der Waals surface area (Å²) in [6.07, 6.45) is 0. The van der Waals surface area contributed by atoms with Gasteiger partial charge in [0, 0.05) is 5.69 Å². The number of ketones is 1. The van der Waals surface area contributed by atoms with E-state index in [-0.39, 0.29) is 23.8 Å². The van der Waals surface area contributed by atoms with Crippen LogP contribution in [0.5, 0.6) is 0 Å². The summed E-state index contributed by atoms with van der Waals surface area (Å²) in [4.78, 5) is 35.0. The van der Waals surface area contributed by atoms with Crippen LogP contribution >= 0.6 is 0 Å². The van der Waals surface area contributed by atoms with Gasteiger partial charge in [0.2, 0.25) is 0 Å². The molecule has 0 aliphatic carbocycles. The maximum atomic E-state index is 12.0. The molecule has 0 fully saturated rings. The van der Waals surface area contributed by atoms with Crippen molar-refractivity contribution in [2.75, 3.05) is 6.61 Å². The molecule has 19 heavy (non-hydrogen) atoms. The second-order valence-electron chi connectivity index (χ2n) is 4.91. The molecule has 0 aromatic carbocycles. The fourth-order valence-corrected chi connectivity index (χ4v) is 1.57. The normalized spacial score (nSPS) is 10.6. The molecule has 0 atom stereocenters. The zero-order valence-electron chi connectivity index (χ0n) is 11.7. The van der Waals surface area contributed by atoms with E-state index in [0.29, 0.717) is 12.3 Å². The molecule has 1 heterocycles. The lowest BCUT2D eigenvalue weighted by atomic mass is 10.2. The van der Waals surface area contributed by atoms with Crippen LogP contribution < -0.4 is 5.56 Å². The number of hydrogen-bond acceptors (Lipinski definition) is 4. The summed E-state index contributed by atoms with van der Waals surface area (Å²) in [7, 11) is 0. The molecule has 0 saturated carbocycles. The number of ether oxygens (including phenoxy) is 1. The standard InChI is InChI=1S/C14H19NO4/c1-9(2)8-19-13(17)7-15-10(3)5-6-12(11(4)16)14(15)18/h5-6,9H,7-8H2,1-4H3. The van der Waals surface area contributed by atoms with Crippen LogP contribution in [0.25, 0.3) is 0 Å². The number of carbonyl (C=O) groups excluding carboxylic acids is 2. The Morgan fingerprint density at radius 3 is 2.47 bits per heavy atom. The van der Waals surface area contributed by atoms with Gasteiger partial charge in [-0.25, -0.2) is 0 Å². The molecule has 0 aliphatic heterocycles. The van der Waals surface area contributed by atoms with Gasteiger partial charge in [-0.2, -0.15) is 0 Å². The molecule has 0 unspecified atom stereocenters. The SMILES string of the molecule is CC(=O)c1ccc(C)n(CC(=O)OCC(C)C)c1=O. The average Bonchev–Trinajstić information content (AvgIpc) is 2.31. The molecular formula is C14H19NO4. The number of nitrogens with zero attached hydrogens (tertiary/aromatic N) is 1. The van der Waals surface area contributed by atoms with Gasteiger partial charge >= 0.3 is 5.97 Å². The first-order chi connectivity index (χ1) is 8.82. The molecule has 0 amide bonds. The van der Waals surface area contributed by atoms with Gasteiger partial charge in [0.15, 0.2) is 5.78 Å². The van der Waals surface area contributed by atoms with Crippen LogP contribution in [-0.4, -0.2) is 22.9 Å². The molecule has 5 heteroatoms. The topological polar surface area (TPSA) is 65.4 Å². The second kappa shape index (κ2) is 6.31. The zero-order chi connectivity index (χ0) is 14.6. The van der Waals surface area contributed by atoms with Crippen LogP contribution in [0.1, 0.15) is 36.8 Å². The van der Waals surface area contributed by atoms with E-state index in [9.17, 15) is 14.4 Å². The Bertz CT molecular complexity index is 543. The van der Waals surface area contributed by atoms with Gasteiger partial charge < -0.3 is 9.30 Å². The van der Waals surface area contributed by atoms with Crippen LogP contribution in [0.3, 0.4) is 0 Å². The maximum Gasteiger partial charge on any atom is 0.326 e. The molecule has 5 nitrogen and oxygen atoms in total. The van der Waals surface area contributed by atoms with E-state index >= 15 is 0 Å². The van der Waals surface area contributed by atoms with Crippen LogP contribution in [0.2, 0.25) is 0 Å². The van der Waals surface area contributed by atoms with Gasteiger partial charge in [-0.1, -0.05) is 13.8 Å². The fraction of sp³-hybridized carbons (Fsp3) is 0.500. The number of Topliss-reactive ketones (excluding diaryl/α,β-unsaturated/α-hetero) is 1. The summed E-state index contributed by atoms with van der Waals surface area (Å²) >= 11 is 0. The zero-order valence-corrected chi connectivity index (χ0v) is 11.7. The van der Waals surface area contributed by atoms with Crippen LogP contribution in [-0.2, 0) is 16.1 Å². The number of rotatable bonds is 5. The first-order valence-electron chi connectivity index (χ1n) is 6.20. The molecule has 1 aromatic heterocycles. The Kier molecular flexibility index (Phi) is 5.03. The number of aromatic nitrogens is 1. The van der Waals surface area contributed by atoms with Crippen LogP contribution in [0, 0.1) is 12.8 Å². The first-order valence-corrected chi connectivity index (χ1v) is 6.20. The fourth-order valence-electron chi connectivity index (χ4n) is 1.57. The molecule has 1 aromatic rings. The summed E-state index contributed by atoms with van der Waals surface area (Å²) in [6, 6.07) is 3.13. The number of carbonyl (C=O) groups is 2. The van der Waals surface area contributed by atoms with Gasteiger partial charge in [-0.15, -0.1) is 0 Å².